The molecular weight excluding hydrogens is 272 g/mol. The Morgan fingerprint density at radius 3 is 2.71 bits per heavy atom. The van der Waals surface area contributed by atoms with Gasteiger partial charge < -0.3 is 20.9 Å². The highest BCUT2D eigenvalue weighted by Gasteiger charge is 2.10. The normalized spacial score (nSPS) is 11.7. The van der Waals surface area contributed by atoms with E-state index in [0.717, 1.165) is 11.1 Å². The summed E-state index contributed by atoms with van der Waals surface area (Å²) in [6, 6.07) is 6.87. The highest BCUT2D eigenvalue weighted by molar-refractivity contribution is 5.72. The lowest BCUT2D eigenvalue weighted by Crippen LogP contribution is -2.30. The van der Waals surface area contributed by atoms with E-state index < -0.39 is 18.1 Å². The van der Waals surface area contributed by atoms with Crippen molar-refractivity contribution in [3.8, 4) is 0 Å². The van der Waals surface area contributed by atoms with E-state index in [0.29, 0.717) is 25.8 Å². The average molecular weight is 294 g/mol. The topological polar surface area (TPSA) is 102 Å². The van der Waals surface area contributed by atoms with Crippen molar-refractivity contribution in [2.45, 2.75) is 38.8 Å². The number of aryl methyl sites for hydroxylation is 1. The van der Waals surface area contributed by atoms with Gasteiger partial charge >= 0.3 is 12.1 Å². The van der Waals surface area contributed by atoms with Crippen LogP contribution in [-0.4, -0.2) is 29.8 Å². The maximum Gasteiger partial charge on any atom is 0.407 e. The molecule has 4 N–H and O–H groups in total. The summed E-state index contributed by atoms with van der Waals surface area (Å²) in [5.74, 6) is -0.999. The summed E-state index contributed by atoms with van der Waals surface area (Å²) in [4.78, 5) is 22.0. The van der Waals surface area contributed by atoms with E-state index in [-0.39, 0.29) is 6.61 Å². The van der Waals surface area contributed by atoms with Crippen molar-refractivity contribution in [3.63, 3.8) is 0 Å². The fraction of sp³-hybridized carbons (Fsp3) is 0.467. The van der Waals surface area contributed by atoms with Gasteiger partial charge in [0.25, 0.3) is 0 Å². The van der Waals surface area contributed by atoms with Gasteiger partial charge in [-0.1, -0.05) is 24.3 Å². The van der Waals surface area contributed by atoms with Gasteiger partial charge in [0, 0.05) is 6.54 Å². The van der Waals surface area contributed by atoms with Crippen molar-refractivity contribution in [1.82, 2.24) is 5.32 Å². The largest absolute Gasteiger partial charge is 0.480 e. The fourth-order valence-electron chi connectivity index (χ4n) is 1.77. The Hall–Kier alpha value is -2.08. The number of unbranched alkanes of at least 4 members (excludes halogenated alkanes) is 1. The van der Waals surface area contributed by atoms with Crippen LogP contribution in [0.1, 0.15) is 30.4 Å². The molecule has 116 valence electrons. The second kappa shape index (κ2) is 8.97. The molecule has 1 amide bonds. The molecule has 1 aromatic rings. The smallest absolute Gasteiger partial charge is 0.407 e. The van der Waals surface area contributed by atoms with Crippen molar-refractivity contribution >= 4 is 12.1 Å². The van der Waals surface area contributed by atoms with Crippen LogP contribution in [0.25, 0.3) is 0 Å². The number of hydrogen-bond acceptors (Lipinski definition) is 4. The van der Waals surface area contributed by atoms with E-state index in [2.05, 4.69) is 5.32 Å². The van der Waals surface area contributed by atoms with E-state index in [1.54, 1.807) is 0 Å². The Morgan fingerprint density at radius 1 is 1.33 bits per heavy atom. The quantitative estimate of drug-likeness (QED) is 0.635. The number of carboxylic acid groups (broad SMARTS) is 1. The van der Waals surface area contributed by atoms with Gasteiger partial charge in [0.2, 0.25) is 0 Å². The van der Waals surface area contributed by atoms with Gasteiger partial charge in [0.05, 0.1) is 0 Å². The van der Waals surface area contributed by atoms with Crippen LogP contribution >= 0.6 is 0 Å². The molecule has 0 heterocycles. The molecule has 0 spiro atoms. The first-order valence-electron chi connectivity index (χ1n) is 6.94. The van der Waals surface area contributed by atoms with E-state index in [9.17, 15) is 9.59 Å². The molecule has 0 aliphatic rings. The van der Waals surface area contributed by atoms with Crippen LogP contribution < -0.4 is 11.1 Å². The van der Waals surface area contributed by atoms with Gasteiger partial charge in [-0.25, -0.2) is 4.79 Å². The first-order valence-corrected chi connectivity index (χ1v) is 6.94. The van der Waals surface area contributed by atoms with Crippen molar-refractivity contribution < 1.29 is 19.4 Å². The monoisotopic (exact) mass is 294 g/mol. The summed E-state index contributed by atoms with van der Waals surface area (Å²) in [5.41, 5.74) is 7.42. The number of hydrogen-bond donors (Lipinski definition) is 3. The predicted octanol–water partition coefficient (Wildman–Crippen LogP) is 1.80. The van der Waals surface area contributed by atoms with Crippen LogP contribution in [0.5, 0.6) is 0 Å². The van der Waals surface area contributed by atoms with Gasteiger partial charge in [0.1, 0.15) is 12.6 Å². The second-order valence-electron chi connectivity index (χ2n) is 4.87. The third-order valence-electron chi connectivity index (χ3n) is 3.15. The summed E-state index contributed by atoms with van der Waals surface area (Å²) >= 11 is 0. The van der Waals surface area contributed by atoms with Crippen LogP contribution in [0, 0.1) is 6.92 Å². The van der Waals surface area contributed by atoms with Gasteiger partial charge in [-0.2, -0.15) is 0 Å². The zero-order valence-corrected chi connectivity index (χ0v) is 12.2. The standard InChI is InChI=1S/C15H22N2O4/c1-11-6-2-3-7-12(11)10-21-15(20)17-9-5-4-8-13(16)14(18)19/h2-3,6-7,13H,4-5,8-10,16H2,1H3,(H,17,20)(H,18,19)/t13-/m0/s1. The molecule has 0 aliphatic carbocycles. The minimum absolute atomic E-state index is 0.238. The Morgan fingerprint density at radius 2 is 2.05 bits per heavy atom. The van der Waals surface area contributed by atoms with E-state index in [1.807, 2.05) is 31.2 Å². The summed E-state index contributed by atoms with van der Waals surface area (Å²) in [6.07, 6.45) is 1.24. The Balaban J connectivity index is 2.12. The Labute approximate surface area is 124 Å². The van der Waals surface area contributed by atoms with Crippen LogP contribution in [0.15, 0.2) is 24.3 Å². The minimum atomic E-state index is -0.999. The lowest BCUT2D eigenvalue weighted by atomic mass is 10.1. The summed E-state index contributed by atoms with van der Waals surface area (Å²) < 4.78 is 5.11. The SMILES string of the molecule is Cc1ccccc1COC(=O)NCCCC[C@H](N)C(=O)O. The molecule has 6 nitrogen and oxygen atoms in total. The van der Waals surface area contributed by atoms with E-state index in [1.165, 1.54) is 0 Å². The number of alkyl carbamates (subject to hydrolysis) is 1. The summed E-state index contributed by atoms with van der Waals surface area (Å²) in [5, 5.41) is 11.2. The number of benzene rings is 1. The van der Waals surface area contributed by atoms with Crippen molar-refractivity contribution in [1.29, 1.82) is 0 Å². The molecule has 0 fully saturated rings. The number of carboxylic acids is 1. The average Bonchev–Trinajstić information content (AvgIpc) is 2.45. The third kappa shape index (κ3) is 6.76. The highest BCUT2D eigenvalue weighted by Crippen LogP contribution is 2.08. The number of nitrogens with one attached hydrogen (secondary N) is 1. The first kappa shape index (κ1) is 17.0. The summed E-state index contributed by atoms with van der Waals surface area (Å²) in [6.45, 7) is 2.64. The van der Waals surface area contributed by atoms with Gasteiger partial charge in [-0.05, 0) is 37.3 Å². The molecule has 0 saturated carbocycles. The highest BCUT2D eigenvalue weighted by atomic mass is 16.5. The van der Waals surface area contributed by atoms with Gasteiger partial charge in [-0.3, -0.25) is 4.79 Å². The maximum absolute atomic E-state index is 11.5. The number of nitrogens with two attached hydrogens (primary N) is 1. The number of carbonyl (C=O) groups is 2. The molecule has 0 unspecified atom stereocenters. The lowest BCUT2D eigenvalue weighted by Gasteiger charge is -2.09. The first-order chi connectivity index (χ1) is 10.0. The van der Waals surface area contributed by atoms with Crippen LogP contribution in [0.2, 0.25) is 0 Å². The molecule has 1 rings (SSSR count). The number of ether oxygens (including phenoxy) is 1. The molecular formula is C15H22N2O4. The van der Waals surface area contributed by atoms with E-state index in [4.69, 9.17) is 15.6 Å². The zero-order valence-electron chi connectivity index (χ0n) is 12.2. The molecule has 1 atom stereocenters. The van der Waals surface area contributed by atoms with Crippen LogP contribution in [-0.2, 0) is 16.1 Å². The maximum atomic E-state index is 11.5. The molecule has 0 aliphatic heterocycles. The molecule has 0 bridgehead atoms. The van der Waals surface area contributed by atoms with Gasteiger partial charge in [0.15, 0.2) is 0 Å². The number of carbonyl (C=O) groups excluding carboxylic acids is 1. The molecule has 0 aromatic heterocycles. The number of amides is 1. The second-order valence-corrected chi connectivity index (χ2v) is 4.87. The summed E-state index contributed by atoms with van der Waals surface area (Å²) in [7, 11) is 0. The van der Waals surface area contributed by atoms with Crippen molar-refractivity contribution in [2.24, 2.45) is 5.73 Å². The number of aliphatic carboxylic acids is 1. The van der Waals surface area contributed by atoms with Crippen molar-refractivity contribution in [2.75, 3.05) is 6.54 Å². The predicted molar refractivity (Wildman–Crippen MR) is 78.8 cm³/mol. The molecule has 6 heteroatoms. The third-order valence-corrected chi connectivity index (χ3v) is 3.15. The van der Waals surface area contributed by atoms with Gasteiger partial charge in [-0.15, -0.1) is 0 Å². The molecule has 21 heavy (non-hydrogen) atoms. The van der Waals surface area contributed by atoms with Crippen LogP contribution in [0.4, 0.5) is 4.79 Å². The minimum Gasteiger partial charge on any atom is -0.480 e. The Kier molecular flexibility index (Phi) is 7.25. The van der Waals surface area contributed by atoms with Crippen molar-refractivity contribution in [3.05, 3.63) is 35.4 Å². The Bertz CT molecular complexity index is 476. The molecule has 0 saturated heterocycles. The lowest BCUT2D eigenvalue weighted by molar-refractivity contribution is -0.138. The molecule has 1 aromatic carbocycles. The zero-order chi connectivity index (χ0) is 15.7. The molecule has 0 radical (unpaired) electrons. The fourth-order valence-corrected chi connectivity index (χ4v) is 1.77. The van der Waals surface area contributed by atoms with Crippen LogP contribution in [0.3, 0.4) is 0 Å². The van der Waals surface area contributed by atoms with E-state index >= 15 is 0 Å². The number of rotatable bonds is 8.